The molecule has 17 heavy (non-hydrogen) atoms. The van der Waals surface area contributed by atoms with E-state index in [1.54, 1.807) is 0 Å². The molecule has 0 unspecified atom stereocenters. The van der Waals surface area contributed by atoms with E-state index in [1.807, 2.05) is 25.6 Å². The van der Waals surface area contributed by atoms with E-state index >= 15 is 0 Å². The summed E-state index contributed by atoms with van der Waals surface area (Å²) >= 11 is 0. The van der Waals surface area contributed by atoms with Crippen molar-refractivity contribution in [3.05, 3.63) is 17.0 Å². The molecule has 3 nitrogen and oxygen atoms in total. The van der Waals surface area contributed by atoms with Gasteiger partial charge in [0.1, 0.15) is 0 Å². The van der Waals surface area contributed by atoms with Crippen molar-refractivity contribution in [2.45, 2.75) is 52.5 Å². The maximum Gasteiger partial charge on any atom is 0.0949 e. The molecule has 0 fully saturated rings. The van der Waals surface area contributed by atoms with E-state index in [4.69, 9.17) is 7.85 Å². The molecule has 0 aliphatic heterocycles. The van der Waals surface area contributed by atoms with Crippen LogP contribution in [0.3, 0.4) is 0 Å². The van der Waals surface area contributed by atoms with Gasteiger partial charge in [0, 0.05) is 24.8 Å². The van der Waals surface area contributed by atoms with Crippen LogP contribution in [0.5, 0.6) is 0 Å². The van der Waals surface area contributed by atoms with Crippen molar-refractivity contribution in [3.8, 4) is 0 Å². The lowest BCUT2D eigenvalue weighted by Crippen LogP contribution is -2.41. The molecule has 0 aromatic carbocycles. The van der Waals surface area contributed by atoms with Crippen LogP contribution in [0.25, 0.3) is 0 Å². The summed E-state index contributed by atoms with van der Waals surface area (Å²) in [5.74, 6) is 0.444. The van der Waals surface area contributed by atoms with Crippen LogP contribution in [0.1, 0.15) is 50.6 Å². The average molecular weight is 233 g/mol. The quantitative estimate of drug-likeness (QED) is 0.743. The fourth-order valence-electron chi connectivity index (χ4n) is 1.78. The van der Waals surface area contributed by atoms with Gasteiger partial charge in [-0.2, -0.15) is 5.10 Å². The Morgan fingerprint density at radius 1 is 1.41 bits per heavy atom. The molecule has 4 heteroatoms. The zero-order valence-corrected chi connectivity index (χ0v) is 12.2. The Kier molecular flexibility index (Phi) is 4.08. The monoisotopic (exact) mass is 233 g/mol. The first-order valence-electron chi connectivity index (χ1n) is 6.17. The summed E-state index contributed by atoms with van der Waals surface area (Å²) in [6.07, 6.45) is 0. The maximum atomic E-state index is 6.11. The molecule has 0 saturated carbocycles. The van der Waals surface area contributed by atoms with Gasteiger partial charge in [0.2, 0.25) is 0 Å². The molecule has 0 spiro atoms. The predicted molar refractivity (Wildman–Crippen MR) is 73.3 cm³/mol. The van der Waals surface area contributed by atoms with Crippen molar-refractivity contribution in [2.75, 3.05) is 7.05 Å². The van der Waals surface area contributed by atoms with Gasteiger partial charge in [0.05, 0.1) is 13.5 Å². The molecule has 0 atom stereocenters. The van der Waals surface area contributed by atoms with E-state index < -0.39 is 0 Å². The van der Waals surface area contributed by atoms with Gasteiger partial charge in [-0.15, -0.1) is 0 Å². The Labute approximate surface area is 107 Å². The number of hydrogen-bond donors (Lipinski definition) is 0. The van der Waals surface area contributed by atoms with E-state index in [0.717, 1.165) is 6.54 Å². The Hall–Kier alpha value is -0.765. The van der Waals surface area contributed by atoms with Crippen molar-refractivity contribution in [2.24, 2.45) is 7.05 Å². The fourth-order valence-corrected chi connectivity index (χ4v) is 1.78. The molecule has 1 aromatic rings. The van der Waals surface area contributed by atoms with E-state index in [9.17, 15) is 0 Å². The standard InChI is InChI=1S/C13H24BN3/c1-9(2)12-11(10(3)17(7)15-12)8-16(6)13(4,5)14/h9H,8H2,1-7H3. The molecule has 1 heterocycles. The first-order chi connectivity index (χ1) is 7.64. The van der Waals surface area contributed by atoms with Crippen LogP contribution in [0.2, 0.25) is 0 Å². The lowest BCUT2D eigenvalue weighted by Gasteiger charge is -2.32. The predicted octanol–water partition coefficient (Wildman–Crippen LogP) is 2.19. The minimum absolute atomic E-state index is 0.309. The summed E-state index contributed by atoms with van der Waals surface area (Å²) in [5.41, 5.74) is 3.41. The largest absolute Gasteiger partial charge is 0.305 e. The highest BCUT2D eigenvalue weighted by Crippen LogP contribution is 2.24. The molecule has 0 aliphatic carbocycles. The summed E-state index contributed by atoms with van der Waals surface area (Å²) in [5, 5.41) is 4.59. The third-order valence-electron chi connectivity index (χ3n) is 3.42. The van der Waals surface area contributed by atoms with Crippen LogP contribution in [0.15, 0.2) is 0 Å². The summed E-state index contributed by atoms with van der Waals surface area (Å²) in [7, 11) is 10.2. The lowest BCUT2D eigenvalue weighted by atomic mass is 9.80. The van der Waals surface area contributed by atoms with Gasteiger partial charge in [0.25, 0.3) is 0 Å². The molecule has 0 N–H and O–H groups in total. The zero-order valence-electron chi connectivity index (χ0n) is 12.2. The summed E-state index contributed by atoms with van der Waals surface area (Å²) in [4.78, 5) is 2.16. The number of aryl methyl sites for hydroxylation is 1. The van der Waals surface area contributed by atoms with Crippen LogP contribution in [-0.2, 0) is 13.6 Å². The van der Waals surface area contributed by atoms with Crippen molar-refractivity contribution < 1.29 is 0 Å². The number of hydrogen-bond acceptors (Lipinski definition) is 2. The molecule has 0 saturated heterocycles. The van der Waals surface area contributed by atoms with Crippen LogP contribution in [-0.4, -0.2) is 35.0 Å². The Bertz CT molecular complexity index is 388. The van der Waals surface area contributed by atoms with Gasteiger partial charge in [-0.25, -0.2) is 0 Å². The van der Waals surface area contributed by atoms with Gasteiger partial charge in [0.15, 0.2) is 0 Å². The highest BCUT2D eigenvalue weighted by molar-refractivity contribution is 6.14. The number of aromatic nitrogens is 2. The molecule has 1 rings (SSSR count). The Balaban J connectivity index is 3.05. The van der Waals surface area contributed by atoms with E-state index in [2.05, 4.69) is 37.8 Å². The first-order valence-corrected chi connectivity index (χ1v) is 6.17. The van der Waals surface area contributed by atoms with E-state index in [-0.39, 0.29) is 5.44 Å². The second-order valence-electron chi connectivity index (χ2n) is 5.74. The van der Waals surface area contributed by atoms with Gasteiger partial charge in [-0.1, -0.05) is 27.7 Å². The minimum atomic E-state index is -0.309. The highest BCUT2D eigenvalue weighted by Gasteiger charge is 2.22. The first kappa shape index (κ1) is 14.3. The maximum absolute atomic E-state index is 6.11. The van der Waals surface area contributed by atoms with Crippen molar-refractivity contribution in [3.63, 3.8) is 0 Å². The second-order valence-corrected chi connectivity index (χ2v) is 5.74. The normalized spacial score (nSPS) is 12.8. The Morgan fingerprint density at radius 3 is 2.35 bits per heavy atom. The van der Waals surface area contributed by atoms with Gasteiger partial charge < -0.3 is 4.90 Å². The topological polar surface area (TPSA) is 21.1 Å². The molecular formula is C13H24BN3. The number of rotatable bonds is 4. The van der Waals surface area contributed by atoms with Gasteiger partial charge >= 0.3 is 0 Å². The molecule has 0 aliphatic rings. The van der Waals surface area contributed by atoms with E-state index in [1.165, 1.54) is 17.0 Å². The molecular weight excluding hydrogens is 209 g/mol. The van der Waals surface area contributed by atoms with Crippen LogP contribution in [0, 0.1) is 6.92 Å². The summed E-state index contributed by atoms with van der Waals surface area (Å²) in [6.45, 7) is 11.4. The molecule has 2 radical (unpaired) electrons. The average Bonchev–Trinajstić information content (AvgIpc) is 2.44. The van der Waals surface area contributed by atoms with Crippen LogP contribution >= 0.6 is 0 Å². The van der Waals surface area contributed by atoms with Crippen molar-refractivity contribution >= 4 is 7.85 Å². The van der Waals surface area contributed by atoms with E-state index in [0.29, 0.717) is 5.92 Å². The third kappa shape index (κ3) is 3.12. The highest BCUT2D eigenvalue weighted by atomic mass is 15.3. The molecule has 1 aromatic heterocycles. The molecule has 0 bridgehead atoms. The second kappa shape index (κ2) is 4.85. The van der Waals surface area contributed by atoms with Gasteiger partial charge in [-0.3, -0.25) is 4.68 Å². The fraction of sp³-hybridized carbons (Fsp3) is 0.769. The SMILES string of the molecule is [B]C(C)(C)N(C)Cc1c(C(C)C)nn(C)c1C. The zero-order chi connectivity index (χ0) is 13.4. The minimum Gasteiger partial charge on any atom is -0.305 e. The number of nitrogens with zero attached hydrogens (tertiary/aromatic N) is 3. The Morgan fingerprint density at radius 2 is 1.94 bits per heavy atom. The van der Waals surface area contributed by atoms with Crippen LogP contribution in [0.4, 0.5) is 0 Å². The van der Waals surface area contributed by atoms with Crippen molar-refractivity contribution in [1.29, 1.82) is 0 Å². The lowest BCUT2D eigenvalue weighted by molar-refractivity contribution is 0.226. The molecule has 94 valence electrons. The molecule has 0 amide bonds. The third-order valence-corrected chi connectivity index (χ3v) is 3.42. The van der Waals surface area contributed by atoms with Crippen molar-refractivity contribution in [1.82, 2.24) is 14.7 Å². The van der Waals surface area contributed by atoms with Gasteiger partial charge in [-0.05, 0) is 25.3 Å². The van der Waals surface area contributed by atoms with Crippen LogP contribution < -0.4 is 0 Å². The smallest absolute Gasteiger partial charge is 0.0949 e. The summed E-state index contributed by atoms with van der Waals surface area (Å²) < 4.78 is 1.96. The summed E-state index contributed by atoms with van der Waals surface area (Å²) in [6, 6.07) is 0.